The fourth-order valence-corrected chi connectivity index (χ4v) is 5.88. The average molecular weight is 507 g/mol. The highest BCUT2D eigenvalue weighted by molar-refractivity contribution is 6.30. The minimum atomic E-state index is -0.384. The predicted octanol–water partition coefficient (Wildman–Crippen LogP) is 6.97. The molecule has 2 N–H and O–H groups in total. The highest BCUT2D eigenvalue weighted by Crippen LogP contribution is 2.47. The molecular weight excluding hydrogens is 475 g/mol. The summed E-state index contributed by atoms with van der Waals surface area (Å²) in [5, 5.41) is 7.28. The zero-order valence-corrected chi connectivity index (χ0v) is 21.3. The fraction of sp³-hybridized carbons (Fsp3) is 0.414. The lowest BCUT2D eigenvalue weighted by atomic mass is 9.74. The Hall–Kier alpha value is -2.99. The zero-order valence-electron chi connectivity index (χ0n) is 20.6. The van der Waals surface area contributed by atoms with E-state index in [4.69, 9.17) is 16.6 Å². The first kappa shape index (κ1) is 24.7. The lowest BCUT2D eigenvalue weighted by Crippen LogP contribution is -2.34. The first-order valence-electron chi connectivity index (χ1n) is 12.9. The van der Waals surface area contributed by atoms with E-state index in [2.05, 4.69) is 27.8 Å². The maximum atomic E-state index is 13.6. The molecule has 1 aromatic heterocycles. The molecule has 5 nitrogen and oxygen atoms in total. The predicted molar refractivity (Wildman–Crippen MR) is 141 cm³/mol. The van der Waals surface area contributed by atoms with E-state index in [9.17, 15) is 9.18 Å². The topological polar surface area (TPSA) is 66.9 Å². The number of amides is 1. The number of rotatable bonds is 7. The van der Waals surface area contributed by atoms with Gasteiger partial charge in [0.25, 0.3) is 5.91 Å². The van der Waals surface area contributed by atoms with Crippen molar-refractivity contribution in [3.05, 3.63) is 88.0 Å². The van der Waals surface area contributed by atoms with Crippen LogP contribution in [-0.2, 0) is 5.41 Å². The van der Waals surface area contributed by atoms with E-state index in [-0.39, 0.29) is 23.2 Å². The lowest BCUT2D eigenvalue weighted by Gasteiger charge is -2.31. The summed E-state index contributed by atoms with van der Waals surface area (Å²) in [6.07, 6.45) is 10.2. The van der Waals surface area contributed by atoms with Crippen LogP contribution in [0.1, 0.15) is 91.5 Å². The van der Waals surface area contributed by atoms with E-state index >= 15 is 0 Å². The molecule has 2 aromatic carbocycles. The smallest absolute Gasteiger partial charge is 0.255 e. The standard InChI is InChI=1S/C29H32ClFN4O/c1-19(20-8-14-23(31)15-9-20)33-27(36)25-18-32-28(34-24-6-2-3-7-24)35-26(25)29(16-4-5-17-29)21-10-12-22(30)13-11-21/h8-15,18-19,24H,2-7,16-17H2,1H3,(H,33,36)(H,32,34,35). The molecule has 1 heterocycles. The molecule has 2 aliphatic carbocycles. The van der Waals surface area contributed by atoms with E-state index in [1.165, 1.54) is 25.0 Å². The Labute approximate surface area is 216 Å². The van der Waals surface area contributed by atoms with Gasteiger partial charge in [-0.2, -0.15) is 0 Å². The molecule has 0 spiro atoms. The molecule has 1 unspecified atom stereocenters. The Morgan fingerprint density at radius 3 is 2.36 bits per heavy atom. The van der Waals surface area contributed by atoms with E-state index < -0.39 is 0 Å². The summed E-state index contributed by atoms with van der Waals surface area (Å²) >= 11 is 6.21. The van der Waals surface area contributed by atoms with Crippen LogP contribution in [-0.4, -0.2) is 21.9 Å². The third kappa shape index (κ3) is 5.10. The second-order valence-corrected chi connectivity index (χ2v) is 10.6. The normalized spacial score (nSPS) is 18.2. The molecule has 188 valence electrons. The molecule has 2 saturated carbocycles. The second kappa shape index (κ2) is 10.6. The second-order valence-electron chi connectivity index (χ2n) is 10.1. The van der Waals surface area contributed by atoms with Gasteiger partial charge in [0, 0.05) is 22.7 Å². The number of carbonyl (C=O) groups is 1. The van der Waals surface area contributed by atoms with Gasteiger partial charge in [0.15, 0.2) is 0 Å². The van der Waals surface area contributed by atoms with Crippen molar-refractivity contribution < 1.29 is 9.18 Å². The van der Waals surface area contributed by atoms with Crippen molar-refractivity contribution in [2.24, 2.45) is 0 Å². The highest BCUT2D eigenvalue weighted by atomic mass is 35.5. The Morgan fingerprint density at radius 2 is 1.69 bits per heavy atom. The Bertz CT molecular complexity index is 1200. The van der Waals surface area contributed by atoms with Crippen molar-refractivity contribution in [1.82, 2.24) is 15.3 Å². The van der Waals surface area contributed by atoms with Gasteiger partial charge < -0.3 is 10.6 Å². The van der Waals surface area contributed by atoms with Gasteiger partial charge in [-0.1, -0.05) is 61.5 Å². The molecule has 0 radical (unpaired) electrons. The summed E-state index contributed by atoms with van der Waals surface area (Å²) in [4.78, 5) is 23.3. The number of nitrogens with zero attached hydrogens (tertiary/aromatic N) is 2. The molecule has 2 fully saturated rings. The summed E-state index contributed by atoms with van der Waals surface area (Å²) in [6, 6.07) is 14.2. The zero-order chi connectivity index (χ0) is 25.1. The van der Waals surface area contributed by atoms with Gasteiger partial charge >= 0.3 is 0 Å². The summed E-state index contributed by atoms with van der Waals surface area (Å²) in [6.45, 7) is 1.90. The largest absolute Gasteiger partial charge is 0.351 e. The van der Waals surface area contributed by atoms with Crippen LogP contribution < -0.4 is 10.6 Å². The molecule has 1 amide bonds. The van der Waals surface area contributed by atoms with Gasteiger partial charge in [-0.25, -0.2) is 14.4 Å². The summed E-state index contributed by atoms with van der Waals surface area (Å²) in [7, 11) is 0. The van der Waals surface area contributed by atoms with Crippen LogP contribution in [0.15, 0.2) is 54.7 Å². The number of aromatic nitrogens is 2. The molecule has 36 heavy (non-hydrogen) atoms. The van der Waals surface area contributed by atoms with E-state index in [0.717, 1.165) is 55.3 Å². The Kier molecular flexibility index (Phi) is 7.24. The number of benzene rings is 2. The third-order valence-electron chi connectivity index (χ3n) is 7.75. The first-order valence-corrected chi connectivity index (χ1v) is 13.3. The minimum absolute atomic E-state index is 0.227. The average Bonchev–Trinajstić information content (AvgIpc) is 3.58. The van der Waals surface area contributed by atoms with Gasteiger partial charge in [-0.15, -0.1) is 0 Å². The van der Waals surface area contributed by atoms with Crippen LogP contribution in [0.3, 0.4) is 0 Å². The van der Waals surface area contributed by atoms with Crippen LogP contribution in [0.25, 0.3) is 0 Å². The van der Waals surface area contributed by atoms with Gasteiger partial charge in [0.2, 0.25) is 5.95 Å². The van der Waals surface area contributed by atoms with Crippen molar-refractivity contribution in [1.29, 1.82) is 0 Å². The van der Waals surface area contributed by atoms with Crippen molar-refractivity contribution in [3.8, 4) is 0 Å². The maximum Gasteiger partial charge on any atom is 0.255 e. The molecule has 2 aliphatic rings. The monoisotopic (exact) mass is 506 g/mol. The number of hydrogen-bond donors (Lipinski definition) is 2. The number of hydrogen-bond acceptors (Lipinski definition) is 4. The van der Waals surface area contributed by atoms with E-state index in [0.29, 0.717) is 22.6 Å². The van der Waals surface area contributed by atoms with Crippen LogP contribution in [0.2, 0.25) is 5.02 Å². The van der Waals surface area contributed by atoms with Crippen LogP contribution in [0.5, 0.6) is 0 Å². The van der Waals surface area contributed by atoms with Crippen LogP contribution in [0.4, 0.5) is 10.3 Å². The van der Waals surface area contributed by atoms with Gasteiger partial charge in [0.05, 0.1) is 17.3 Å². The van der Waals surface area contributed by atoms with Gasteiger partial charge in [0.1, 0.15) is 5.82 Å². The van der Waals surface area contributed by atoms with Gasteiger partial charge in [-0.05, 0) is 68.0 Å². The number of halogens is 2. The third-order valence-corrected chi connectivity index (χ3v) is 8.00. The van der Waals surface area contributed by atoms with Crippen molar-refractivity contribution in [3.63, 3.8) is 0 Å². The SMILES string of the molecule is CC(NC(=O)c1cnc(NC2CCCC2)nc1C1(c2ccc(Cl)cc2)CCCC1)c1ccc(F)cc1. The Balaban J connectivity index is 1.53. The quantitative estimate of drug-likeness (QED) is 0.363. The molecule has 0 aliphatic heterocycles. The molecule has 0 bridgehead atoms. The van der Waals surface area contributed by atoms with Gasteiger partial charge in [-0.3, -0.25) is 4.79 Å². The molecule has 1 atom stereocenters. The maximum absolute atomic E-state index is 13.6. The van der Waals surface area contributed by atoms with Crippen molar-refractivity contribution in [2.45, 2.75) is 75.8 Å². The molecule has 3 aromatic rings. The van der Waals surface area contributed by atoms with Crippen molar-refractivity contribution in [2.75, 3.05) is 5.32 Å². The summed E-state index contributed by atoms with van der Waals surface area (Å²) in [5.41, 5.74) is 2.82. The molecule has 0 saturated heterocycles. The summed E-state index contributed by atoms with van der Waals surface area (Å²) in [5.74, 6) is 0.0548. The first-order chi connectivity index (χ1) is 17.4. The van der Waals surface area contributed by atoms with E-state index in [1.54, 1.807) is 18.3 Å². The fourth-order valence-electron chi connectivity index (χ4n) is 5.75. The minimum Gasteiger partial charge on any atom is -0.351 e. The summed E-state index contributed by atoms with van der Waals surface area (Å²) < 4.78 is 13.4. The lowest BCUT2D eigenvalue weighted by molar-refractivity contribution is 0.0936. The molecule has 5 rings (SSSR count). The van der Waals surface area contributed by atoms with Crippen LogP contribution in [0, 0.1) is 5.82 Å². The van der Waals surface area contributed by atoms with Crippen molar-refractivity contribution >= 4 is 23.5 Å². The van der Waals surface area contributed by atoms with E-state index in [1.807, 2.05) is 19.1 Å². The molecule has 7 heteroatoms. The number of anilines is 1. The molecular formula is C29H32ClFN4O. The Morgan fingerprint density at radius 1 is 1.03 bits per heavy atom. The van der Waals surface area contributed by atoms with Crippen LogP contribution >= 0.6 is 11.6 Å². The highest BCUT2D eigenvalue weighted by Gasteiger charge is 2.42. The number of carbonyl (C=O) groups excluding carboxylic acids is 1. The number of nitrogens with one attached hydrogen (secondary N) is 2.